The second-order valence-corrected chi connectivity index (χ2v) is 15.4. The van der Waals surface area contributed by atoms with Crippen LogP contribution in [0, 0.1) is 5.82 Å². The number of phenolic OH excluding ortho intramolecular Hbond substituents is 1. The van der Waals surface area contributed by atoms with Crippen molar-refractivity contribution in [3.63, 3.8) is 0 Å². The van der Waals surface area contributed by atoms with Crippen LogP contribution in [0.25, 0.3) is 32.9 Å². The molecule has 2 bridgehead atoms. The molecular formula is C41H43FN6O3. The fraction of sp³-hybridized carbons (Fsp3) is 0.439. The van der Waals surface area contributed by atoms with Crippen LogP contribution >= 0.6 is 0 Å². The average molecular weight is 687 g/mol. The molecule has 4 aliphatic heterocycles. The van der Waals surface area contributed by atoms with E-state index in [0.29, 0.717) is 41.5 Å². The highest BCUT2D eigenvalue weighted by molar-refractivity contribution is 5.99. The van der Waals surface area contributed by atoms with Gasteiger partial charge >= 0.3 is 6.01 Å². The molecule has 0 spiro atoms. The van der Waals surface area contributed by atoms with E-state index < -0.39 is 5.82 Å². The molecule has 2 N–H and O–H groups in total. The molecule has 51 heavy (non-hydrogen) atoms. The Labute approximate surface area is 296 Å². The van der Waals surface area contributed by atoms with Gasteiger partial charge in [0.2, 0.25) is 0 Å². The minimum atomic E-state index is -0.538. The van der Waals surface area contributed by atoms with E-state index in [1.807, 2.05) is 31.4 Å². The first-order valence-electron chi connectivity index (χ1n) is 18.6. The molecule has 5 atom stereocenters. The van der Waals surface area contributed by atoms with Gasteiger partial charge in [0.05, 0.1) is 17.0 Å². The van der Waals surface area contributed by atoms with Crippen LogP contribution < -0.4 is 15.0 Å². The van der Waals surface area contributed by atoms with Gasteiger partial charge in [-0.3, -0.25) is 9.88 Å². The molecule has 10 heteroatoms. The number of methoxy groups -OCH3 is 1. The van der Waals surface area contributed by atoms with E-state index in [9.17, 15) is 5.11 Å². The second-order valence-electron chi connectivity index (χ2n) is 15.4. The number of ether oxygens (including phenoxy) is 2. The molecule has 0 radical (unpaired) electrons. The summed E-state index contributed by atoms with van der Waals surface area (Å²) in [6.45, 7) is 3.05. The quantitative estimate of drug-likeness (QED) is 0.199. The number of piperazine rings is 1. The largest absolute Gasteiger partial charge is 0.508 e. The van der Waals surface area contributed by atoms with Gasteiger partial charge in [-0.2, -0.15) is 9.97 Å². The van der Waals surface area contributed by atoms with Gasteiger partial charge in [-0.25, -0.2) is 4.39 Å². The number of pyridine rings is 1. The first-order valence-corrected chi connectivity index (χ1v) is 18.6. The van der Waals surface area contributed by atoms with Crippen LogP contribution in [0.15, 0.2) is 60.8 Å². The third-order valence-corrected chi connectivity index (χ3v) is 12.5. The summed E-state index contributed by atoms with van der Waals surface area (Å²) in [5.41, 5.74) is 4.95. The number of aromatic hydroxyl groups is 1. The van der Waals surface area contributed by atoms with Gasteiger partial charge in [-0.1, -0.05) is 42.5 Å². The van der Waals surface area contributed by atoms with Crippen LogP contribution in [0.2, 0.25) is 0 Å². The Balaban J connectivity index is 1.00. The van der Waals surface area contributed by atoms with Crippen molar-refractivity contribution in [1.29, 1.82) is 0 Å². The molecule has 9 nitrogen and oxygen atoms in total. The molecule has 6 heterocycles. The van der Waals surface area contributed by atoms with E-state index in [4.69, 9.17) is 19.4 Å². The predicted molar refractivity (Wildman–Crippen MR) is 195 cm³/mol. The van der Waals surface area contributed by atoms with Crippen molar-refractivity contribution in [1.82, 2.24) is 25.2 Å². The smallest absolute Gasteiger partial charge is 0.319 e. The van der Waals surface area contributed by atoms with Gasteiger partial charge < -0.3 is 24.8 Å². The first kappa shape index (κ1) is 31.4. The zero-order valence-corrected chi connectivity index (χ0v) is 28.9. The Kier molecular flexibility index (Phi) is 7.44. The minimum Gasteiger partial charge on any atom is -0.508 e. The standard InChI is InChI=1S/C41H43FN6O3/c1-50-31-17-24-7-8-26(15-27(24)18-31)35-11-13-41(12-4-14-48(35)41)23-51-40-45-38-34(39(46-40)47-21-28-9-10-29(22-47)44-28)20-43-37(36(38)42)33-19-30(49)16-25-5-2-3-6-32(25)33/h2-3,5-8,15-16,19-20,28-29,31,35,44,49H,4,9-14,17-18,21-23H2,1H3/t28-,29+,31?,35?,41?. The van der Waals surface area contributed by atoms with Crippen molar-refractivity contribution in [2.75, 3.05) is 38.3 Å². The van der Waals surface area contributed by atoms with E-state index in [1.54, 1.807) is 18.3 Å². The maximum Gasteiger partial charge on any atom is 0.319 e. The van der Waals surface area contributed by atoms with E-state index in [-0.39, 0.29) is 34.6 Å². The summed E-state index contributed by atoms with van der Waals surface area (Å²) in [5, 5.41) is 16.5. The van der Waals surface area contributed by atoms with Crippen LogP contribution in [0.1, 0.15) is 61.3 Å². The molecule has 3 aromatic carbocycles. The molecule has 4 saturated heterocycles. The number of halogens is 1. The van der Waals surface area contributed by atoms with Crippen molar-refractivity contribution in [2.45, 2.75) is 81.1 Å². The molecule has 5 aliphatic rings. The maximum absolute atomic E-state index is 16.9. The summed E-state index contributed by atoms with van der Waals surface area (Å²) in [4.78, 5) is 19.4. The van der Waals surface area contributed by atoms with Crippen molar-refractivity contribution < 1.29 is 19.0 Å². The van der Waals surface area contributed by atoms with Gasteiger partial charge in [0.15, 0.2) is 5.82 Å². The molecule has 3 unspecified atom stereocenters. The highest BCUT2D eigenvalue weighted by Crippen LogP contribution is 2.49. The third kappa shape index (κ3) is 5.25. The monoisotopic (exact) mass is 686 g/mol. The molecule has 262 valence electrons. The van der Waals surface area contributed by atoms with Crippen molar-refractivity contribution in [3.8, 4) is 23.0 Å². The number of benzene rings is 3. The van der Waals surface area contributed by atoms with Gasteiger partial charge in [0.25, 0.3) is 0 Å². The number of aromatic nitrogens is 3. The summed E-state index contributed by atoms with van der Waals surface area (Å²) >= 11 is 0. The number of hydrogen-bond acceptors (Lipinski definition) is 9. The second kappa shape index (κ2) is 12.1. The lowest BCUT2D eigenvalue weighted by molar-refractivity contribution is 0.0845. The molecule has 1 aliphatic carbocycles. The Bertz CT molecular complexity index is 2170. The van der Waals surface area contributed by atoms with Crippen LogP contribution in [-0.2, 0) is 17.6 Å². The summed E-state index contributed by atoms with van der Waals surface area (Å²) in [6.07, 6.45) is 10.4. The number of anilines is 1. The number of hydrogen-bond donors (Lipinski definition) is 2. The molecule has 2 aromatic heterocycles. The number of fused-ring (bicyclic) bond motifs is 6. The van der Waals surface area contributed by atoms with Gasteiger partial charge in [0, 0.05) is 50.1 Å². The molecule has 0 amide bonds. The number of phenols is 1. The third-order valence-electron chi connectivity index (χ3n) is 12.5. The molecule has 0 saturated carbocycles. The Morgan fingerprint density at radius 1 is 0.961 bits per heavy atom. The van der Waals surface area contributed by atoms with Crippen molar-refractivity contribution >= 4 is 27.5 Å². The number of rotatable bonds is 7. The molecule has 5 aromatic rings. The number of nitrogens with one attached hydrogen (secondary N) is 1. The van der Waals surface area contributed by atoms with E-state index >= 15 is 4.39 Å². The minimum absolute atomic E-state index is 0.0583. The van der Waals surface area contributed by atoms with Crippen LogP contribution in [-0.4, -0.2) is 82.0 Å². The van der Waals surface area contributed by atoms with Crippen LogP contribution in [0.4, 0.5) is 10.2 Å². The SMILES string of the molecule is COC1Cc2ccc(C3CCC4(COc5nc(N6C[C@H]7CC[C@@H](C6)N7)c6cnc(-c7cc(O)cc8ccccc78)c(F)c6n5)CCCN34)cc2C1. The van der Waals surface area contributed by atoms with E-state index in [2.05, 4.69) is 38.3 Å². The normalized spacial score (nSPS) is 27.1. The summed E-state index contributed by atoms with van der Waals surface area (Å²) in [7, 11) is 1.81. The van der Waals surface area contributed by atoms with Crippen molar-refractivity contribution in [3.05, 3.63) is 83.3 Å². The van der Waals surface area contributed by atoms with E-state index in [0.717, 1.165) is 81.8 Å². The zero-order chi connectivity index (χ0) is 34.3. The zero-order valence-electron chi connectivity index (χ0n) is 28.9. The molecular weight excluding hydrogens is 643 g/mol. The Morgan fingerprint density at radius 3 is 2.67 bits per heavy atom. The van der Waals surface area contributed by atoms with Gasteiger partial charge in [-0.05, 0) is 97.5 Å². The van der Waals surface area contributed by atoms with Crippen LogP contribution in [0.5, 0.6) is 11.8 Å². The van der Waals surface area contributed by atoms with Gasteiger partial charge in [0.1, 0.15) is 29.4 Å². The lowest BCUT2D eigenvalue weighted by Gasteiger charge is -2.35. The van der Waals surface area contributed by atoms with Crippen molar-refractivity contribution in [2.24, 2.45) is 0 Å². The topological polar surface area (TPSA) is 95.9 Å². The van der Waals surface area contributed by atoms with E-state index in [1.165, 1.54) is 16.7 Å². The lowest BCUT2D eigenvalue weighted by Crippen LogP contribution is -2.51. The lowest BCUT2D eigenvalue weighted by atomic mass is 9.95. The Morgan fingerprint density at radius 2 is 1.80 bits per heavy atom. The molecule has 10 rings (SSSR count). The Hall–Kier alpha value is -4.38. The highest BCUT2D eigenvalue weighted by Gasteiger charge is 2.50. The first-order chi connectivity index (χ1) is 24.9. The fourth-order valence-corrected chi connectivity index (χ4v) is 10.00. The summed E-state index contributed by atoms with van der Waals surface area (Å²) in [5.74, 6) is 0.191. The highest BCUT2D eigenvalue weighted by atomic mass is 19.1. The summed E-state index contributed by atoms with van der Waals surface area (Å²) < 4.78 is 29.2. The maximum atomic E-state index is 16.9. The average Bonchev–Trinajstić information content (AvgIpc) is 3.92. The van der Waals surface area contributed by atoms with Gasteiger partial charge in [-0.15, -0.1) is 0 Å². The fourth-order valence-electron chi connectivity index (χ4n) is 10.00. The summed E-state index contributed by atoms with van der Waals surface area (Å²) in [6, 6.07) is 19.2. The molecule has 4 fully saturated rings. The predicted octanol–water partition coefficient (Wildman–Crippen LogP) is 6.49. The number of nitrogens with zero attached hydrogens (tertiary/aromatic N) is 5. The van der Waals surface area contributed by atoms with Crippen LogP contribution in [0.3, 0.4) is 0 Å².